The lowest BCUT2D eigenvalue weighted by Gasteiger charge is -2.59. The number of carbonyl (C=O) groups is 1. The average Bonchev–Trinajstić information content (AvgIpc) is 2.25. The summed E-state index contributed by atoms with van der Waals surface area (Å²) in [5, 5.41) is 0. The van der Waals surface area contributed by atoms with Crippen molar-refractivity contribution < 1.29 is 18.5 Å². The smallest absolute Gasteiger partial charge is 0.472 e. The lowest BCUT2D eigenvalue weighted by Crippen LogP contribution is -2.44. The Balaban J connectivity index is 5.08. The maximum absolute atomic E-state index is 11.4. The van der Waals surface area contributed by atoms with Crippen molar-refractivity contribution in [1.82, 2.24) is 0 Å². The highest BCUT2D eigenvalue weighted by Gasteiger charge is 2.44. The Morgan fingerprint density at radius 1 is 1.36 bits per heavy atom. The fraction of sp³-hybridized carbons (Fsp3) is 0.750. The first kappa shape index (κ1) is 21.4. The highest BCUT2D eigenvalue weighted by atomic mass is 32.3. The molecule has 0 N–H and O–H groups in total. The standard InChI is InChI=1S/C16H31O4S2/c1-11-18-14(17)19-13(2)12-15(3,4)22(9,10)16(5,6)20-21(7)8/h7,11,13H,1,12H2,2-6,8-10H3/q-1. The Hall–Kier alpha value is -0.550. The van der Waals surface area contributed by atoms with Gasteiger partial charge in [-0.15, -0.1) is 6.26 Å². The fourth-order valence-corrected chi connectivity index (χ4v) is 5.89. The monoisotopic (exact) mass is 351 g/mol. The topological polar surface area (TPSA) is 44.8 Å². The molecule has 4 nitrogen and oxygen atoms in total. The molecule has 1 atom stereocenters. The van der Waals surface area contributed by atoms with Crippen molar-refractivity contribution in [2.24, 2.45) is 0 Å². The van der Waals surface area contributed by atoms with Gasteiger partial charge in [0.25, 0.3) is 0 Å². The SMILES string of the molecule is C#[S-](C)OC(C)(C)S(C)(C)C(C)(C)CC(C)OC(=O)OC=C. The van der Waals surface area contributed by atoms with Crippen molar-refractivity contribution in [2.45, 2.75) is 56.8 Å². The molecule has 0 radical (unpaired) electrons. The summed E-state index contributed by atoms with van der Waals surface area (Å²) in [5.74, 6) is 0. The van der Waals surface area contributed by atoms with Gasteiger partial charge in [0.05, 0.1) is 11.2 Å². The van der Waals surface area contributed by atoms with E-state index in [2.05, 4.69) is 51.5 Å². The second-order valence-corrected chi connectivity index (χ2v) is 12.6. The van der Waals surface area contributed by atoms with E-state index in [1.807, 2.05) is 13.2 Å². The molecule has 0 bridgehead atoms. The van der Waals surface area contributed by atoms with E-state index in [0.717, 1.165) is 6.26 Å². The van der Waals surface area contributed by atoms with Crippen LogP contribution in [0.1, 0.15) is 41.0 Å². The molecule has 0 saturated carbocycles. The molecular formula is C16H31O4S2-. The summed E-state index contributed by atoms with van der Waals surface area (Å²) in [5.41, 5.74) is 5.84. The lowest BCUT2D eigenvalue weighted by atomic mass is 10.1. The second-order valence-electron chi connectivity index (χ2n) is 6.74. The van der Waals surface area contributed by atoms with Crippen LogP contribution >= 0.6 is 10.0 Å². The van der Waals surface area contributed by atoms with E-state index in [1.165, 1.54) is 0 Å². The average molecular weight is 352 g/mol. The zero-order valence-electron chi connectivity index (χ0n) is 15.1. The van der Waals surface area contributed by atoms with Gasteiger partial charge in [0, 0.05) is 0 Å². The Bertz CT molecular complexity index is 472. The predicted octanol–water partition coefficient (Wildman–Crippen LogP) is 4.41. The molecule has 22 heavy (non-hydrogen) atoms. The zero-order valence-corrected chi connectivity index (χ0v) is 16.7. The van der Waals surface area contributed by atoms with E-state index in [1.54, 1.807) is 0 Å². The van der Waals surface area contributed by atoms with Crippen molar-refractivity contribution in [3.05, 3.63) is 12.8 Å². The number of ether oxygens (including phenoxy) is 2. The molecule has 1 unspecified atom stereocenters. The van der Waals surface area contributed by atoms with Gasteiger partial charge in [-0.3, -0.25) is 5.69 Å². The molecule has 132 valence electrons. The number of carbonyl (C=O) groups excluding carboxylic acids is 1. The first-order valence-corrected chi connectivity index (χ1v) is 11.1. The first-order chi connectivity index (χ1) is 9.76. The summed E-state index contributed by atoms with van der Waals surface area (Å²) in [4.78, 5) is 11.0. The maximum atomic E-state index is 11.4. The molecule has 0 heterocycles. The van der Waals surface area contributed by atoms with Crippen molar-refractivity contribution in [3.8, 4) is 5.69 Å². The first-order valence-electron chi connectivity index (χ1n) is 7.07. The van der Waals surface area contributed by atoms with Crippen LogP contribution in [-0.2, 0) is 24.2 Å². The van der Waals surface area contributed by atoms with Gasteiger partial charge in [-0.05, 0) is 44.5 Å². The van der Waals surface area contributed by atoms with E-state index in [-0.39, 0.29) is 15.8 Å². The van der Waals surface area contributed by atoms with Crippen LogP contribution in [0.25, 0.3) is 0 Å². The van der Waals surface area contributed by atoms with Crippen molar-refractivity contribution >= 4 is 26.8 Å². The van der Waals surface area contributed by atoms with Gasteiger partial charge in [-0.1, -0.05) is 20.4 Å². The molecule has 6 heteroatoms. The van der Waals surface area contributed by atoms with E-state index in [9.17, 15) is 4.79 Å². The van der Waals surface area contributed by atoms with Crippen molar-refractivity contribution in [1.29, 1.82) is 0 Å². The van der Waals surface area contributed by atoms with Gasteiger partial charge in [-0.25, -0.2) is 14.8 Å². The molecule has 0 aromatic heterocycles. The summed E-state index contributed by atoms with van der Waals surface area (Å²) in [6.45, 7) is 13.7. The fourth-order valence-electron chi connectivity index (χ4n) is 2.27. The molecular weight excluding hydrogens is 320 g/mol. The molecule has 0 saturated heterocycles. The molecule has 0 aromatic carbocycles. The van der Waals surface area contributed by atoms with Gasteiger partial charge < -0.3 is 24.2 Å². The summed E-state index contributed by atoms with van der Waals surface area (Å²) in [6, 6.07) is 0. The molecule has 0 amide bonds. The van der Waals surface area contributed by atoms with Crippen LogP contribution < -0.4 is 0 Å². The molecule has 0 spiro atoms. The maximum Gasteiger partial charge on any atom is 0.513 e. The van der Waals surface area contributed by atoms with E-state index in [4.69, 9.17) is 14.6 Å². The van der Waals surface area contributed by atoms with E-state index >= 15 is 0 Å². The zero-order chi connectivity index (χ0) is 17.8. The van der Waals surface area contributed by atoms with Crippen LogP contribution in [0.2, 0.25) is 0 Å². The third-order valence-electron chi connectivity index (χ3n) is 4.20. The third kappa shape index (κ3) is 5.58. The Kier molecular flexibility index (Phi) is 7.63. The van der Waals surface area contributed by atoms with Gasteiger partial charge in [0.15, 0.2) is 0 Å². The predicted molar refractivity (Wildman–Crippen MR) is 98.8 cm³/mol. The molecule has 0 aliphatic carbocycles. The minimum atomic E-state index is -1.22. The van der Waals surface area contributed by atoms with Crippen LogP contribution in [-0.4, -0.2) is 40.7 Å². The highest BCUT2D eigenvalue weighted by molar-refractivity contribution is 8.34. The van der Waals surface area contributed by atoms with Crippen molar-refractivity contribution in [2.75, 3.05) is 18.8 Å². The highest BCUT2D eigenvalue weighted by Crippen LogP contribution is 2.64. The van der Waals surface area contributed by atoms with Crippen molar-refractivity contribution in [3.63, 3.8) is 0 Å². The lowest BCUT2D eigenvalue weighted by molar-refractivity contribution is 0.0475. The minimum absolute atomic E-state index is 0.0796. The summed E-state index contributed by atoms with van der Waals surface area (Å²) in [7, 11) is -1.81. The van der Waals surface area contributed by atoms with E-state index < -0.39 is 26.8 Å². The van der Waals surface area contributed by atoms with Crippen LogP contribution in [0.4, 0.5) is 4.79 Å². The molecule has 0 aromatic rings. The molecule has 0 fully saturated rings. The Morgan fingerprint density at radius 2 is 1.86 bits per heavy atom. The normalized spacial score (nSPS) is 15.3. The minimum Gasteiger partial charge on any atom is -0.472 e. The van der Waals surface area contributed by atoms with Gasteiger partial charge in [-0.2, -0.15) is 0 Å². The summed E-state index contributed by atoms with van der Waals surface area (Å²) >= 11 is 0. The van der Waals surface area contributed by atoms with E-state index in [0.29, 0.717) is 6.42 Å². The van der Waals surface area contributed by atoms with Gasteiger partial charge in [0.1, 0.15) is 6.10 Å². The summed E-state index contributed by atoms with van der Waals surface area (Å²) in [6.07, 6.45) is 7.11. The Labute approximate surface area is 139 Å². The van der Waals surface area contributed by atoms with Crippen LogP contribution in [0.5, 0.6) is 0 Å². The molecule has 0 rings (SSSR count). The summed E-state index contributed by atoms with van der Waals surface area (Å²) < 4.78 is 15.7. The second kappa shape index (κ2) is 7.82. The van der Waals surface area contributed by atoms with Crippen LogP contribution in [0.15, 0.2) is 12.8 Å². The quantitative estimate of drug-likeness (QED) is 0.387. The van der Waals surface area contributed by atoms with Crippen LogP contribution in [0.3, 0.4) is 0 Å². The largest absolute Gasteiger partial charge is 0.513 e. The van der Waals surface area contributed by atoms with Gasteiger partial charge >= 0.3 is 6.16 Å². The Morgan fingerprint density at radius 3 is 2.27 bits per heavy atom. The van der Waals surface area contributed by atoms with Gasteiger partial charge in [0.2, 0.25) is 0 Å². The number of rotatable bonds is 7. The third-order valence-corrected chi connectivity index (χ3v) is 10.5. The molecule has 0 aliphatic rings. The number of hydrogen-bond donors (Lipinski definition) is 0. The number of hydrogen-bond acceptors (Lipinski definition) is 5. The molecule has 0 aliphatic heterocycles. The van der Waals surface area contributed by atoms with Crippen LogP contribution in [0, 0.1) is 5.69 Å².